The molecule has 2 aromatic rings. The van der Waals surface area contributed by atoms with Crippen LogP contribution in [-0.2, 0) is 16.1 Å². The van der Waals surface area contributed by atoms with Gasteiger partial charge in [0.15, 0.2) is 5.78 Å². The van der Waals surface area contributed by atoms with Crippen molar-refractivity contribution in [3.63, 3.8) is 0 Å². The fourth-order valence-electron chi connectivity index (χ4n) is 4.02. The third kappa shape index (κ3) is 5.69. The first-order chi connectivity index (χ1) is 13.7. The number of hydrogen-bond acceptors (Lipinski definition) is 5. The number of Topliss-reactive ketones (excluding diaryl/α,β-unsaturated/α-hetero) is 2. The topological polar surface area (TPSA) is 59.4 Å². The highest BCUT2D eigenvalue weighted by atomic mass is 32.1. The predicted octanol–water partition coefficient (Wildman–Crippen LogP) is 5.68. The highest BCUT2D eigenvalue weighted by Gasteiger charge is 2.37. The lowest BCUT2D eigenvalue weighted by molar-refractivity contribution is -0.129. The molecular formula is C24H30N2O2S. The van der Waals surface area contributed by atoms with E-state index in [2.05, 4.69) is 42.9 Å². The minimum absolute atomic E-state index is 0.00617. The normalized spacial score (nSPS) is 19.7. The van der Waals surface area contributed by atoms with E-state index >= 15 is 0 Å². The van der Waals surface area contributed by atoms with E-state index in [1.807, 2.05) is 24.6 Å². The molecule has 1 aromatic carbocycles. The number of hydrogen-bond donors (Lipinski definition) is 0. The highest BCUT2D eigenvalue weighted by molar-refractivity contribution is 7.13. The van der Waals surface area contributed by atoms with Crippen molar-refractivity contribution >= 4 is 29.1 Å². The van der Waals surface area contributed by atoms with Gasteiger partial charge in [0.05, 0.1) is 28.8 Å². The average Bonchev–Trinajstić information content (AvgIpc) is 3.30. The molecule has 1 aromatic heterocycles. The van der Waals surface area contributed by atoms with Gasteiger partial charge < -0.3 is 0 Å². The molecular weight excluding hydrogens is 380 g/mol. The van der Waals surface area contributed by atoms with Crippen LogP contribution in [0.1, 0.15) is 57.7 Å². The van der Waals surface area contributed by atoms with E-state index in [0.717, 1.165) is 36.1 Å². The summed E-state index contributed by atoms with van der Waals surface area (Å²) in [5, 5.41) is 0. The fourth-order valence-corrected chi connectivity index (χ4v) is 4.83. The Bertz CT molecular complexity index is 890. The fraction of sp³-hybridized carbons (Fsp3) is 0.500. The number of aryl methyl sites for hydroxylation is 1. The van der Waals surface area contributed by atoms with Crippen molar-refractivity contribution < 1.29 is 9.59 Å². The van der Waals surface area contributed by atoms with Crippen molar-refractivity contribution in [3.8, 4) is 10.4 Å². The Labute approximate surface area is 177 Å². The molecule has 1 fully saturated rings. The van der Waals surface area contributed by atoms with Crippen LogP contribution in [0.25, 0.3) is 10.4 Å². The van der Waals surface area contributed by atoms with E-state index in [-0.39, 0.29) is 28.8 Å². The summed E-state index contributed by atoms with van der Waals surface area (Å²) in [7, 11) is 0. The van der Waals surface area contributed by atoms with Crippen molar-refractivity contribution in [1.29, 1.82) is 0 Å². The summed E-state index contributed by atoms with van der Waals surface area (Å²) in [6.07, 6.45) is 4.56. The van der Waals surface area contributed by atoms with Crippen molar-refractivity contribution in [3.05, 3.63) is 41.0 Å². The SMILES string of the molecule is Cc1ncsc1-c1ccc(CN=CC(=O)C2CCCC2C(=O)CC(C)(C)C)cc1. The number of rotatable bonds is 7. The first-order valence-corrected chi connectivity index (χ1v) is 11.2. The van der Waals surface area contributed by atoms with Gasteiger partial charge >= 0.3 is 0 Å². The van der Waals surface area contributed by atoms with Crippen LogP contribution in [0.5, 0.6) is 0 Å². The highest BCUT2D eigenvalue weighted by Crippen LogP contribution is 2.36. The molecule has 29 heavy (non-hydrogen) atoms. The smallest absolute Gasteiger partial charge is 0.177 e. The molecule has 0 bridgehead atoms. The minimum atomic E-state index is -0.190. The number of thiazole rings is 1. The molecule has 0 saturated heterocycles. The van der Waals surface area contributed by atoms with Crippen molar-refractivity contribution in [2.75, 3.05) is 0 Å². The van der Waals surface area contributed by atoms with E-state index in [9.17, 15) is 9.59 Å². The number of ketones is 2. The van der Waals surface area contributed by atoms with Crippen molar-refractivity contribution in [1.82, 2.24) is 4.98 Å². The molecule has 3 rings (SSSR count). The summed E-state index contributed by atoms with van der Waals surface area (Å²) in [6, 6.07) is 8.24. The zero-order valence-corrected chi connectivity index (χ0v) is 18.6. The third-order valence-corrected chi connectivity index (χ3v) is 6.43. The molecule has 1 aliphatic rings. The van der Waals surface area contributed by atoms with Gasteiger partial charge in [-0.25, -0.2) is 4.98 Å². The number of carbonyl (C=O) groups is 2. The Kier molecular flexibility index (Phi) is 6.78. The second-order valence-electron chi connectivity index (χ2n) is 9.18. The Morgan fingerprint density at radius 1 is 1.17 bits per heavy atom. The van der Waals surface area contributed by atoms with Gasteiger partial charge in [-0.05, 0) is 36.3 Å². The Hall–Kier alpha value is -2.14. The summed E-state index contributed by atoms with van der Waals surface area (Å²) < 4.78 is 0. The van der Waals surface area contributed by atoms with E-state index < -0.39 is 0 Å². The van der Waals surface area contributed by atoms with E-state index in [0.29, 0.717) is 13.0 Å². The van der Waals surface area contributed by atoms with Crippen LogP contribution < -0.4 is 0 Å². The van der Waals surface area contributed by atoms with E-state index in [1.54, 1.807) is 11.3 Å². The van der Waals surface area contributed by atoms with Gasteiger partial charge in [0.1, 0.15) is 5.78 Å². The number of aliphatic imine (C=N–C) groups is 1. The van der Waals surface area contributed by atoms with Crippen molar-refractivity contribution in [2.24, 2.45) is 22.2 Å². The van der Waals surface area contributed by atoms with Gasteiger partial charge in [0, 0.05) is 18.3 Å². The summed E-state index contributed by atoms with van der Waals surface area (Å²) in [4.78, 5) is 35.1. The zero-order valence-electron chi connectivity index (χ0n) is 17.8. The molecule has 1 aliphatic carbocycles. The molecule has 0 amide bonds. The summed E-state index contributed by atoms with van der Waals surface area (Å²) >= 11 is 1.64. The molecule has 2 atom stereocenters. The van der Waals surface area contributed by atoms with Gasteiger partial charge in [-0.3, -0.25) is 14.6 Å². The van der Waals surface area contributed by atoms with Crippen LogP contribution >= 0.6 is 11.3 Å². The summed E-state index contributed by atoms with van der Waals surface area (Å²) in [5.41, 5.74) is 5.08. The maximum Gasteiger partial charge on any atom is 0.177 e. The first kappa shape index (κ1) is 21.6. The molecule has 0 radical (unpaired) electrons. The zero-order chi connectivity index (χ0) is 21.0. The second kappa shape index (κ2) is 9.12. The number of carbonyl (C=O) groups excluding carboxylic acids is 2. The molecule has 0 N–H and O–H groups in total. The van der Waals surface area contributed by atoms with Gasteiger partial charge in [0.2, 0.25) is 0 Å². The molecule has 2 unspecified atom stereocenters. The molecule has 5 heteroatoms. The molecule has 154 valence electrons. The largest absolute Gasteiger partial charge is 0.299 e. The lowest BCUT2D eigenvalue weighted by Gasteiger charge is -2.22. The van der Waals surface area contributed by atoms with Crippen LogP contribution in [0.4, 0.5) is 0 Å². The number of benzene rings is 1. The van der Waals surface area contributed by atoms with Crippen LogP contribution in [0.3, 0.4) is 0 Å². The lowest BCUT2D eigenvalue weighted by atomic mass is 9.81. The summed E-state index contributed by atoms with van der Waals surface area (Å²) in [5.74, 6) is -0.0808. The minimum Gasteiger partial charge on any atom is -0.299 e. The second-order valence-corrected chi connectivity index (χ2v) is 10.0. The van der Waals surface area contributed by atoms with Crippen LogP contribution in [-0.4, -0.2) is 22.8 Å². The van der Waals surface area contributed by atoms with Crippen LogP contribution in [0.2, 0.25) is 0 Å². The van der Waals surface area contributed by atoms with Gasteiger partial charge in [0.25, 0.3) is 0 Å². The van der Waals surface area contributed by atoms with E-state index in [4.69, 9.17) is 0 Å². The first-order valence-electron chi connectivity index (χ1n) is 10.3. The maximum absolute atomic E-state index is 12.7. The average molecular weight is 411 g/mol. The van der Waals surface area contributed by atoms with Crippen LogP contribution in [0, 0.1) is 24.2 Å². The molecule has 1 heterocycles. The monoisotopic (exact) mass is 410 g/mol. The van der Waals surface area contributed by atoms with Crippen LogP contribution in [0.15, 0.2) is 34.8 Å². The summed E-state index contributed by atoms with van der Waals surface area (Å²) in [6.45, 7) is 8.69. The van der Waals surface area contributed by atoms with Gasteiger partial charge in [-0.1, -0.05) is 51.5 Å². The third-order valence-electron chi connectivity index (χ3n) is 5.45. The standard InChI is InChI=1S/C24H30N2O2S/c1-16-23(29-15-26-16)18-10-8-17(9-11-18)13-25-14-22(28)20-7-5-6-19(20)21(27)12-24(2,3)4/h8-11,14-15,19-20H,5-7,12-13H2,1-4H3. The molecule has 0 spiro atoms. The predicted molar refractivity (Wildman–Crippen MR) is 119 cm³/mol. The Morgan fingerprint density at radius 3 is 2.48 bits per heavy atom. The Morgan fingerprint density at radius 2 is 1.86 bits per heavy atom. The number of nitrogens with zero attached hydrogens (tertiary/aromatic N) is 2. The molecule has 0 aliphatic heterocycles. The van der Waals surface area contributed by atoms with Gasteiger partial charge in [-0.15, -0.1) is 11.3 Å². The Balaban J connectivity index is 1.57. The molecule has 1 saturated carbocycles. The van der Waals surface area contributed by atoms with E-state index in [1.165, 1.54) is 11.1 Å². The maximum atomic E-state index is 12.7. The number of aromatic nitrogens is 1. The lowest BCUT2D eigenvalue weighted by Crippen LogP contribution is -2.28. The quantitative estimate of drug-likeness (QED) is 0.552. The van der Waals surface area contributed by atoms with Crippen molar-refractivity contribution in [2.45, 2.75) is 59.9 Å². The molecule has 4 nitrogen and oxygen atoms in total. The van der Waals surface area contributed by atoms with Gasteiger partial charge in [-0.2, -0.15) is 0 Å².